The van der Waals surface area contributed by atoms with Crippen molar-refractivity contribution in [3.63, 3.8) is 0 Å². The van der Waals surface area contributed by atoms with Gasteiger partial charge in [-0.15, -0.1) is 11.3 Å². The maximum Gasteiger partial charge on any atom is 0.251 e. The molecule has 2 aromatic rings. The molecule has 2 aliphatic rings. The highest BCUT2D eigenvalue weighted by molar-refractivity contribution is 7.17. The van der Waals surface area contributed by atoms with E-state index in [1.807, 2.05) is 6.07 Å². The van der Waals surface area contributed by atoms with Crippen molar-refractivity contribution in [1.82, 2.24) is 4.90 Å². The third kappa shape index (κ3) is 3.57. The molecule has 1 aromatic carbocycles. The number of ether oxygens (including phenoxy) is 2. The van der Waals surface area contributed by atoms with Gasteiger partial charge in [0.25, 0.3) is 5.91 Å². The normalized spacial score (nSPS) is 15.5. The molecule has 0 fully saturated rings. The molecule has 0 unspecified atom stereocenters. The van der Waals surface area contributed by atoms with Gasteiger partial charge in [0.05, 0.1) is 12.0 Å². The minimum absolute atomic E-state index is 0.176. The molecule has 2 amide bonds. The van der Waals surface area contributed by atoms with Crippen molar-refractivity contribution in [3.05, 3.63) is 39.8 Å². The van der Waals surface area contributed by atoms with Crippen LogP contribution in [0, 0.1) is 0 Å². The van der Waals surface area contributed by atoms with Crippen LogP contribution in [-0.4, -0.2) is 36.1 Å². The molecule has 148 valence electrons. The Hall–Kier alpha value is -2.58. The van der Waals surface area contributed by atoms with Crippen LogP contribution >= 0.6 is 11.3 Å². The number of benzene rings is 1. The Morgan fingerprint density at radius 3 is 2.82 bits per heavy atom. The molecule has 0 aliphatic carbocycles. The number of nitrogens with two attached hydrogens (primary N) is 1. The number of nitrogens with one attached hydrogen (secondary N) is 1. The Morgan fingerprint density at radius 2 is 2.07 bits per heavy atom. The lowest BCUT2D eigenvalue weighted by Gasteiger charge is -2.30. The third-order valence-corrected chi connectivity index (χ3v) is 6.25. The predicted molar refractivity (Wildman–Crippen MR) is 107 cm³/mol. The first-order valence-corrected chi connectivity index (χ1v) is 10.1. The molecule has 0 spiro atoms. The predicted octanol–water partition coefficient (Wildman–Crippen LogP) is 2.52. The van der Waals surface area contributed by atoms with Crippen molar-refractivity contribution in [2.75, 3.05) is 18.7 Å². The van der Waals surface area contributed by atoms with Crippen LogP contribution < -0.4 is 20.5 Å². The molecule has 0 bridgehead atoms. The van der Waals surface area contributed by atoms with Crippen LogP contribution in [0.5, 0.6) is 11.5 Å². The molecule has 0 saturated carbocycles. The summed E-state index contributed by atoms with van der Waals surface area (Å²) in [5, 5.41) is 3.45. The van der Waals surface area contributed by atoms with Gasteiger partial charge < -0.3 is 20.5 Å². The second-order valence-corrected chi connectivity index (χ2v) is 8.40. The highest BCUT2D eigenvalue weighted by Gasteiger charge is 2.28. The minimum Gasteiger partial charge on any atom is -0.454 e. The average Bonchev–Trinajstić information content (AvgIpc) is 3.23. The summed E-state index contributed by atoms with van der Waals surface area (Å²) >= 11 is 1.45. The Bertz CT molecular complexity index is 938. The number of hydrogen-bond acceptors (Lipinski definition) is 6. The van der Waals surface area contributed by atoms with Crippen LogP contribution in [-0.2, 0) is 24.2 Å². The number of thiophene rings is 1. The summed E-state index contributed by atoms with van der Waals surface area (Å²) in [4.78, 5) is 28.1. The van der Waals surface area contributed by atoms with Gasteiger partial charge in [-0.1, -0.05) is 6.07 Å². The van der Waals surface area contributed by atoms with Crippen LogP contribution in [0.3, 0.4) is 0 Å². The van der Waals surface area contributed by atoms with Gasteiger partial charge in [0.2, 0.25) is 12.7 Å². The smallest absolute Gasteiger partial charge is 0.251 e. The number of amides is 2. The summed E-state index contributed by atoms with van der Waals surface area (Å²) in [6.07, 6.45) is 0.940. The van der Waals surface area contributed by atoms with E-state index in [9.17, 15) is 9.59 Å². The molecular weight excluding hydrogens is 378 g/mol. The first-order chi connectivity index (χ1) is 13.4. The molecule has 0 saturated heterocycles. The van der Waals surface area contributed by atoms with Gasteiger partial charge in [-0.25, -0.2) is 0 Å². The van der Waals surface area contributed by atoms with E-state index in [0.29, 0.717) is 28.1 Å². The minimum atomic E-state index is -0.492. The lowest BCUT2D eigenvalue weighted by molar-refractivity contribution is -0.115. The zero-order valence-electron chi connectivity index (χ0n) is 15.9. The largest absolute Gasteiger partial charge is 0.454 e. The van der Waals surface area contributed by atoms with Gasteiger partial charge >= 0.3 is 0 Å². The highest BCUT2D eigenvalue weighted by atomic mass is 32.1. The van der Waals surface area contributed by atoms with Crippen molar-refractivity contribution < 1.29 is 19.1 Å². The number of fused-ring (bicyclic) bond motifs is 2. The van der Waals surface area contributed by atoms with Crippen molar-refractivity contribution in [2.45, 2.75) is 39.3 Å². The Morgan fingerprint density at radius 1 is 1.29 bits per heavy atom. The number of carbonyl (C=O) groups excluding carboxylic acids is 2. The monoisotopic (exact) mass is 401 g/mol. The van der Waals surface area contributed by atoms with Gasteiger partial charge in [-0.3, -0.25) is 14.5 Å². The standard InChI is InChI=1S/C20H23N3O4S/c1-11(2)23-6-5-13-16(9-23)28-20(18(13)19(21)25)22-17(24)8-12-3-4-14-15(7-12)27-10-26-14/h3-4,7,11H,5-6,8-10H2,1-2H3,(H2,21,25)(H,22,24). The van der Waals surface area contributed by atoms with Gasteiger partial charge in [0, 0.05) is 24.0 Å². The molecule has 4 rings (SSSR count). The summed E-state index contributed by atoms with van der Waals surface area (Å²) in [6, 6.07) is 5.86. The zero-order chi connectivity index (χ0) is 19.8. The van der Waals surface area contributed by atoms with E-state index in [-0.39, 0.29) is 19.1 Å². The summed E-state index contributed by atoms with van der Waals surface area (Å²) in [6.45, 7) is 6.16. The first-order valence-electron chi connectivity index (χ1n) is 9.29. The molecule has 28 heavy (non-hydrogen) atoms. The molecule has 7 nitrogen and oxygen atoms in total. The van der Waals surface area contributed by atoms with Crippen LogP contribution in [0.25, 0.3) is 0 Å². The fourth-order valence-corrected chi connectivity index (χ4v) is 4.91. The second kappa shape index (κ2) is 7.44. The van der Waals surface area contributed by atoms with Gasteiger partial charge in [-0.2, -0.15) is 0 Å². The Labute approximate surface area is 167 Å². The highest BCUT2D eigenvalue weighted by Crippen LogP contribution is 2.37. The summed E-state index contributed by atoms with van der Waals surface area (Å²) in [5.41, 5.74) is 7.89. The lowest BCUT2D eigenvalue weighted by Crippen LogP contribution is -2.35. The Balaban J connectivity index is 1.52. The summed E-state index contributed by atoms with van der Waals surface area (Å²) < 4.78 is 10.6. The summed E-state index contributed by atoms with van der Waals surface area (Å²) in [7, 11) is 0. The summed E-state index contributed by atoms with van der Waals surface area (Å²) in [5.74, 6) is 0.638. The van der Waals surface area contributed by atoms with Crippen LogP contribution in [0.15, 0.2) is 18.2 Å². The van der Waals surface area contributed by atoms with Crippen molar-refractivity contribution in [3.8, 4) is 11.5 Å². The first kappa shape index (κ1) is 18.8. The van der Waals surface area contributed by atoms with Gasteiger partial charge in [-0.05, 0) is 43.5 Å². The van der Waals surface area contributed by atoms with Crippen LogP contribution in [0.4, 0.5) is 5.00 Å². The van der Waals surface area contributed by atoms with Crippen molar-refractivity contribution in [2.24, 2.45) is 5.73 Å². The number of anilines is 1. The fraction of sp³-hybridized carbons (Fsp3) is 0.400. The third-order valence-electron chi connectivity index (χ3n) is 5.12. The second-order valence-electron chi connectivity index (χ2n) is 7.30. The molecular formula is C20H23N3O4S. The van der Waals surface area contributed by atoms with Crippen molar-refractivity contribution >= 4 is 28.2 Å². The fourth-order valence-electron chi connectivity index (χ4n) is 3.62. The number of nitrogens with zero attached hydrogens (tertiary/aromatic N) is 1. The molecule has 8 heteroatoms. The van der Waals surface area contributed by atoms with E-state index in [1.54, 1.807) is 12.1 Å². The number of rotatable bonds is 5. The maximum atomic E-state index is 12.6. The molecule has 3 N–H and O–H groups in total. The van der Waals surface area contributed by atoms with E-state index in [2.05, 4.69) is 24.1 Å². The maximum absolute atomic E-state index is 12.6. The van der Waals surface area contributed by atoms with Gasteiger partial charge in [0.1, 0.15) is 5.00 Å². The van der Waals surface area contributed by atoms with Crippen molar-refractivity contribution in [1.29, 1.82) is 0 Å². The molecule has 0 radical (unpaired) electrons. The Kier molecular flexibility index (Phi) is 4.99. The molecule has 0 atom stereocenters. The van der Waals surface area contributed by atoms with Crippen LogP contribution in [0.1, 0.15) is 40.2 Å². The lowest BCUT2D eigenvalue weighted by atomic mass is 10.0. The van der Waals surface area contributed by atoms with E-state index >= 15 is 0 Å². The molecule has 2 aliphatic heterocycles. The van der Waals surface area contributed by atoms with E-state index in [4.69, 9.17) is 15.2 Å². The SMILES string of the molecule is CC(C)N1CCc2c(sc(NC(=O)Cc3ccc4c(c3)OCO4)c2C(N)=O)C1. The van der Waals surface area contributed by atoms with E-state index < -0.39 is 5.91 Å². The average molecular weight is 401 g/mol. The van der Waals surface area contributed by atoms with Gasteiger partial charge in [0.15, 0.2) is 11.5 Å². The van der Waals surface area contributed by atoms with E-state index in [1.165, 1.54) is 11.3 Å². The molecule has 3 heterocycles. The van der Waals surface area contributed by atoms with Crippen LogP contribution in [0.2, 0.25) is 0 Å². The number of hydrogen-bond donors (Lipinski definition) is 2. The van der Waals surface area contributed by atoms with E-state index in [0.717, 1.165) is 35.5 Å². The quantitative estimate of drug-likeness (QED) is 0.803. The number of carbonyl (C=O) groups is 2. The molecule has 1 aromatic heterocycles. The topological polar surface area (TPSA) is 93.9 Å². The zero-order valence-corrected chi connectivity index (χ0v) is 16.7. The number of primary amides is 1.